The van der Waals surface area contributed by atoms with Crippen LogP contribution in [0.5, 0.6) is 11.6 Å². The van der Waals surface area contributed by atoms with E-state index in [1.807, 2.05) is 12.2 Å². The Balaban J connectivity index is 1.35. The van der Waals surface area contributed by atoms with Gasteiger partial charge in [-0.2, -0.15) is 4.80 Å². The Bertz CT molecular complexity index is 1070. The first kappa shape index (κ1) is 19.1. The second-order valence-corrected chi connectivity index (χ2v) is 6.93. The molecular weight excluding hydrogens is 453 g/mol. The van der Waals surface area contributed by atoms with Crippen LogP contribution in [-0.2, 0) is 11.3 Å². The lowest BCUT2D eigenvalue weighted by atomic mass is 10.2. The lowest BCUT2D eigenvalue weighted by Crippen LogP contribution is -2.18. The summed E-state index contributed by atoms with van der Waals surface area (Å²) in [6.07, 6.45) is 3.52. The van der Waals surface area contributed by atoms with Gasteiger partial charge in [0, 0.05) is 12.5 Å². The summed E-state index contributed by atoms with van der Waals surface area (Å²) in [5, 5.41) is 23.8. The SMILES string of the molecule is O=C(O)Cn1nnc(-c2cc(O[C@H]3C=C[C@H](Oc4cc(F)ccc4Br)C3)no2)n1. The first-order valence-electron chi connectivity index (χ1n) is 8.39. The lowest BCUT2D eigenvalue weighted by Gasteiger charge is -2.15. The van der Waals surface area contributed by atoms with Gasteiger partial charge in [0.15, 0.2) is 6.54 Å². The molecule has 0 radical (unpaired) electrons. The molecule has 150 valence electrons. The monoisotopic (exact) mass is 465 g/mol. The van der Waals surface area contributed by atoms with Gasteiger partial charge in [-0.15, -0.1) is 10.2 Å². The van der Waals surface area contributed by atoms with Gasteiger partial charge in [-0.05, 0) is 50.6 Å². The van der Waals surface area contributed by atoms with Crippen LogP contribution in [0.2, 0.25) is 0 Å². The molecule has 0 saturated heterocycles. The van der Waals surface area contributed by atoms with E-state index in [2.05, 4.69) is 36.5 Å². The van der Waals surface area contributed by atoms with Crippen LogP contribution < -0.4 is 9.47 Å². The molecule has 0 saturated carbocycles. The number of tetrazole rings is 1. The van der Waals surface area contributed by atoms with Crippen LogP contribution >= 0.6 is 15.9 Å². The van der Waals surface area contributed by atoms with Crippen molar-refractivity contribution >= 4 is 21.9 Å². The summed E-state index contributed by atoms with van der Waals surface area (Å²) in [7, 11) is 0. The third-order valence-corrected chi connectivity index (χ3v) is 4.54. The molecule has 0 amide bonds. The molecule has 4 rings (SSSR count). The molecule has 1 N–H and O–H groups in total. The zero-order valence-electron chi connectivity index (χ0n) is 14.6. The lowest BCUT2D eigenvalue weighted by molar-refractivity contribution is -0.138. The fourth-order valence-electron chi connectivity index (χ4n) is 2.64. The van der Waals surface area contributed by atoms with Crippen LogP contribution in [0.15, 0.2) is 45.4 Å². The second kappa shape index (κ2) is 7.99. The Morgan fingerprint density at radius 2 is 2.10 bits per heavy atom. The molecule has 0 fully saturated rings. The number of rotatable bonds is 7. The van der Waals surface area contributed by atoms with E-state index in [1.165, 1.54) is 18.2 Å². The minimum atomic E-state index is -1.09. The number of hydrogen-bond donors (Lipinski definition) is 1. The highest BCUT2D eigenvalue weighted by molar-refractivity contribution is 9.10. The number of benzene rings is 1. The summed E-state index contributed by atoms with van der Waals surface area (Å²) < 4.78 is 30.7. The molecule has 0 spiro atoms. The van der Waals surface area contributed by atoms with Crippen LogP contribution in [-0.4, -0.2) is 48.6 Å². The van der Waals surface area contributed by atoms with Gasteiger partial charge in [0.25, 0.3) is 5.88 Å². The predicted molar refractivity (Wildman–Crippen MR) is 97.6 cm³/mol. The maximum atomic E-state index is 13.4. The van der Waals surface area contributed by atoms with E-state index >= 15 is 0 Å². The van der Waals surface area contributed by atoms with Gasteiger partial charge in [0.1, 0.15) is 23.8 Å². The van der Waals surface area contributed by atoms with Crippen molar-refractivity contribution in [2.75, 3.05) is 0 Å². The standard InChI is InChI=1S/C17H13BrFN5O5/c18-12-4-1-9(19)5-13(12)27-10-2-3-11(6-10)28-15-7-14(29-22-15)17-20-23-24(21-17)8-16(25)26/h1-5,7,10-11H,6,8H2,(H,25,26)/t10-,11-/m0/s1. The largest absolute Gasteiger partial charge is 0.485 e. The summed E-state index contributed by atoms with van der Waals surface area (Å²) in [5.74, 6) is -0.591. The molecule has 0 aliphatic heterocycles. The van der Waals surface area contributed by atoms with Gasteiger partial charge in [0.2, 0.25) is 11.6 Å². The molecule has 2 aromatic heterocycles. The van der Waals surface area contributed by atoms with Crippen molar-refractivity contribution in [2.24, 2.45) is 0 Å². The normalized spacial score (nSPS) is 18.1. The molecule has 3 aromatic rings. The van der Waals surface area contributed by atoms with E-state index in [-0.39, 0.29) is 35.5 Å². The van der Waals surface area contributed by atoms with Crippen LogP contribution in [0.1, 0.15) is 6.42 Å². The van der Waals surface area contributed by atoms with E-state index in [1.54, 1.807) is 6.07 Å². The van der Waals surface area contributed by atoms with Gasteiger partial charge in [-0.3, -0.25) is 4.79 Å². The average molecular weight is 466 g/mol. The fourth-order valence-corrected chi connectivity index (χ4v) is 2.98. The molecule has 0 bridgehead atoms. The number of aliphatic carboxylic acids is 1. The van der Waals surface area contributed by atoms with Gasteiger partial charge in [-0.1, -0.05) is 0 Å². The number of nitrogens with zero attached hydrogens (tertiary/aromatic N) is 5. The van der Waals surface area contributed by atoms with Crippen molar-refractivity contribution in [3.8, 4) is 23.2 Å². The van der Waals surface area contributed by atoms with Crippen LogP contribution in [0.25, 0.3) is 11.6 Å². The quantitative estimate of drug-likeness (QED) is 0.523. The molecule has 2 atom stereocenters. The highest BCUT2D eigenvalue weighted by Gasteiger charge is 2.24. The van der Waals surface area contributed by atoms with Crippen molar-refractivity contribution in [1.29, 1.82) is 0 Å². The van der Waals surface area contributed by atoms with Crippen LogP contribution in [0.4, 0.5) is 4.39 Å². The van der Waals surface area contributed by atoms with Crippen LogP contribution in [0, 0.1) is 5.82 Å². The Hall–Kier alpha value is -3.28. The Morgan fingerprint density at radius 1 is 1.31 bits per heavy atom. The van der Waals surface area contributed by atoms with Crippen molar-refractivity contribution in [1.82, 2.24) is 25.4 Å². The molecule has 2 heterocycles. The average Bonchev–Trinajstić information content (AvgIpc) is 3.40. The molecule has 1 aliphatic rings. The third kappa shape index (κ3) is 4.59. The molecule has 1 aliphatic carbocycles. The Morgan fingerprint density at radius 3 is 2.90 bits per heavy atom. The van der Waals surface area contributed by atoms with E-state index in [4.69, 9.17) is 19.1 Å². The smallest absolute Gasteiger partial charge is 0.327 e. The van der Waals surface area contributed by atoms with Gasteiger partial charge in [0.05, 0.1) is 10.5 Å². The van der Waals surface area contributed by atoms with Gasteiger partial charge < -0.3 is 19.1 Å². The summed E-state index contributed by atoms with van der Waals surface area (Å²) in [6, 6.07) is 5.70. The molecule has 29 heavy (non-hydrogen) atoms. The summed E-state index contributed by atoms with van der Waals surface area (Å²) >= 11 is 3.33. The molecule has 10 nitrogen and oxygen atoms in total. The zero-order valence-corrected chi connectivity index (χ0v) is 16.2. The predicted octanol–water partition coefficient (Wildman–Crippen LogP) is 2.47. The Kier molecular flexibility index (Phi) is 5.25. The van der Waals surface area contributed by atoms with E-state index in [0.717, 1.165) is 4.80 Å². The van der Waals surface area contributed by atoms with E-state index in [0.29, 0.717) is 16.6 Å². The first-order chi connectivity index (χ1) is 14.0. The maximum Gasteiger partial charge on any atom is 0.327 e. The van der Waals surface area contributed by atoms with Gasteiger partial charge in [-0.25, -0.2) is 4.39 Å². The fraction of sp³-hybridized carbons (Fsp3) is 0.235. The number of carboxylic acids is 1. The second-order valence-electron chi connectivity index (χ2n) is 6.07. The molecule has 12 heteroatoms. The van der Waals surface area contributed by atoms with Crippen LogP contribution in [0.3, 0.4) is 0 Å². The van der Waals surface area contributed by atoms with Crippen molar-refractivity contribution in [2.45, 2.75) is 25.2 Å². The minimum absolute atomic E-state index is 0.0905. The minimum Gasteiger partial charge on any atom is -0.485 e. The van der Waals surface area contributed by atoms with Crippen molar-refractivity contribution in [3.63, 3.8) is 0 Å². The molecular formula is C17H13BrFN5O5. The highest BCUT2D eigenvalue weighted by Crippen LogP contribution is 2.30. The number of halogens is 2. The third-order valence-electron chi connectivity index (χ3n) is 3.89. The topological polar surface area (TPSA) is 125 Å². The summed E-state index contributed by atoms with van der Waals surface area (Å²) in [6.45, 7) is -0.416. The Labute approximate surface area is 171 Å². The number of ether oxygens (including phenoxy) is 2. The van der Waals surface area contributed by atoms with Crippen molar-refractivity contribution in [3.05, 3.63) is 46.7 Å². The maximum absolute atomic E-state index is 13.4. The zero-order chi connectivity index (χ0) is 20.4. The van der Waals surface area contributed by atoms with E-state index < -0.39 is 12.5 Å². The highest BCUT2D eigenvalue weighted by atomic mass is 79.9. The number of carbonyl (C=O) groups is 1. The van der Waals surface area contributed by atoms with E-state index in [9.17, 15) is 9.18 Å². The molecule has 1 aromatic carbocycles. The van der Waals surface area contributed by atoms with Gasteiger partial charge >= 0.3 is 5.97 Å². The number of aromatic nitrogens is 5. The summed E-state index contributed by atoms with van der Waals surface area (Å²) in [5.41, 5.74) is 0. The van der Waals surface area contributed by atoms with Crippen molar-refractivity contribution < 1.29 is 28.3 Å². The first-order valence-corrected chi connectivity index (χ1v) is 9.19. The molecule has 0 unspecified atom stereocenters. The summed E-state index contributed by atoms with van der Waals surface area (Å²) in [4.78, 5) is 11.6. The number of hydrogen-bond acceptors (Lipinski definition) is 8. The number of carboxylic acid groups (broad SMARTS) is 1.